The van der Waals surface area contributed by atoms with Crippen LogP contribution in [0.15, 0.2) is 65.7 Å². The van der Waals surface area contributed by atoms with E-state index in [1.165, 1.54) is 11.3 Å². The zero-order valence-electron chi connectivity index (χ0n) is 18.5. The molecule has 0 spiro atoms. The van der Waals surface area contributed by atoms with E-state index in [1.807, 2.05) is 54.6 Å². The third kappa shape index (κ3) is 5.50. The maximum Gasteiger partial charge on any atom is 0.271 e. The summed E-state index contributed by atoms with van der Waals surface area (Å²) in [5, 5.41) is 3.56. The molecule has 0 radical (unpaired) electrons. The molecular weight excluding hydrogens is 456 g/mol. The van der Waals surface area contributed by atoms with Crippen molar-refractivity contribution in [2.45, 2.75) is 19.5 Å². The van der Waals surface area contributed by atoms with E-state index in [-0.39, 0.29) is 11.5 Å². The number of aryl methyl sites for hydroxylation is 2. The first kappa shape index (κ1) is 23.2. The topological polar surface area (TPSA) is 67.2 Å². The van der Waals surface area contributed by atoms with Crippen LogP contribution in [0.3, 0.4) is 0 Å². The summed E-state index contributed by atoms with van der Waals surface area (Å²) < 4.78 is 2.33. The number of amides is 1. The Morgan fingerprint density at radius 2 is 1.82 bits per heavy atom. The maximum absolute atomic E-state index is 13.0. The molecule has 8 heteroatoms. The van der Waals surface area contributed by atoms with Gasteiger partial charge in [0.15, 0.2) is 0 Å². The van der Waals surface area contributed by atoms with Crippen molar-refractivity contribution in [3.8, 4) is 10.4 Å². The standard InChI is InChI=1S/C25H25ClN4O2S/c1-27-14-23(31)29(2)15-18-5-3-17(4-6-18)11-12-30-16-28-21-13-22(33-24(21)25(30)32)19-7-9-20(26)10-8-19/h3-10,13,16,27H,11-12,14-15H2,1-2H3. The van der Waals surface area contributed by atoms with Crippen molar-refractivity contribution in [2.24, 2.45) is 0 Å². The van der Waals surface area contributed by atoms with Gasteiger partial charge in [-0.1, -0.05) is 48.0 Å². The number of thiophene rings is 1. The fourth-order valence-corrected chi connectivity index (χ4v) is 4.76. The number of aromatic nitrogens is 2. The lowest BCUT2D eigenvalue weighted by Crippen LogP contribution is -2.33. The Balaban J connectivity index is 1.44. The first-order chi connectivity index (χ1) is 15.9. The van der Waals surface area contributed by atoms with Crippen LogP contribution in [0.1, 0.15) is 11.1 Å². The van der Waals surface area contributed by atoms with Gasteiger partial charge in [-0.05, 0) is 48.4 Å². The average molecular weight is 481 g/mol. The Hall–Kier alpha value is -3.00. The van der Waals surface area contributed by atoms with Crippen LogP contribution in [0.25, 0.3) is 20.7 Å². The molecule has 33 heavy (non-hydrogen) atoms. The van der Waals surface area contributed by atoms with Gasteiger partial charge in [-0.15, -0.1) is 11.3 Å². The predicted molar refractivity (Wildman–Crippen MR) is 135 cm³/mol. The quantitative estimate of drug-likeness (QED) is 0.410. The molecule has 0 fully saturated rings. The Kier molecular flexibility index (Phi) is 7.23. The van der Waals surface area contributed by atoms with E-state index in [9.17, 15) is 9.59 Å². The molecule has 1 amide bonds. The lowest BCUT2D eigenvalue weighted by Gasteiger charge is -2.17. The number of likely N-dealkylation sites (N-methyl/N-ethyl adjacent to an activating group) is 2. The highest BCUT2D eigenvalue weighted by Gasteiger charge is 2.11. The summed E-state index contributed by atoms with van der Waals surface area (Å²) >= 11 is 7.44. The molecule has 170 valence electrons. The molecular formula is C25H25ClN4O2S. The molecule has 0 aliphatic carbocycles. The van der Waals surface area contributed by atoms with E-state index in [1.54, 1.807) is 29.9 Å². The largest absolute Gasteiger partial charge is 0.340 e. The number of hydrogen-bond acceptors (Lipinski definition) is 5. The highest BCUT2D eigenvalue weighted by atomic mass is 35.5. The van der Waals surface area contributed by atoms with E-state index < -0.39 is 0 Å². The molecule has 0 aliphatic heterocycles. The summed E-state index contributed by atoms with van der Waals surface area (Å²) in [6.45, 7) is 1.44. The molecule has 2 aromatic heterocycles. The zero-order chi connectivity index (χ0) is 23.4. The minimum Gasteiger partial charge on any atom is -0.340 e. The summed E-state index contributed by atoms with van der Waals surface area (Å²) in [5.74, 6) is 0.0524. The Bertz CT molecular complexity index is 1310. The van der Waals surface area contributed by atoms with Crippen molar-refractivity contribution in [1.29, 1.82) is 0 Å². The molecule has 0 unspecified atom stereocenters. The highest BCUT2D eigenvalue weighted by molar-refractivity contribution is 7.22. The van der Waals surface area contributed by atoms with Gasteiger partial charge in [0.25, 0.3) is 5.56 Å². The molecule has 0 saturated carbocycles. The smallest absolute Gasteiger partial charge is 0.271 e. The van der Waals surface area contributed by atoms with Crippen molar-refractivity contribution in [3.05, 3.63) is 87.4 Å². The number of nitrogens with zero attached hydrogens (tertiary/aromatic N) is 3. The molecule has 2 heterocycles. The Labute approximate surface area is 201 Å². The summed E-state index contributed by atoms with van der Waals surface area (Å²) in [6.07, 6.45) is 2.34. The minimum absolute atomic E-state index is 0.0218. The van der Waals surface area contributed by atoms with E-state index in [0.717, 1.165) is 28.0 Å². The van der Waals surface area contributed by atoms with E-state index in [2.05, 4.69) is 10.3 Å². The SMILES string of the molecule is CNCC(=O)N(C)Cc1ccc(CCn2cnc3cc(-c4ccc(Cl)cc4)sc3c2=O)cc1. The van der Waals surface area contributed by atoms with Crippen LogP contribution >= 0.6 is 22.9 Å². The minimum atomic E-state index is -0.0218. The zero-order valence-corrected chi connectivity index (χ0v) is 20.1. The number of benzene rings is 2. The van der Waals surface area contributed by atoms with Crippen LogP contribution in [0.4, 0.5) is 0 Å². The number of fused-ring (bicyclic) bond motifs is 1. The van der Waals surface area contributed by atoms with Gasteiger partial charge in [0.2, 0.25) is 5.91 Å². The van der Waals surface area contributed by atoms with Gasteiger partial charge in [0.05, 0.1) is 18.4 Å². The van der Waals surface area contributed by atoms with Crippen LogP contribution in [-0.4, -0.2) is 41.0 Å². The maximum atomic E-state index is 13.0. The van der Waals surface area contributed by atoms with Gasteiger partial charge >= 0.3 is 0 Å². The van der Waals surface area contributed by atoms with E-state index in [0.29, 0.717) is 34.9 Å². The van der Waals surface area contributed by atoms with Gasteiger partial charge in [0, 0.05) is 30.0 Å². The first-order valence-electron chi connectivity index (χ1n) is 10.7. The summed E-state index contributed by atoms with van der Waals surface area (Å²) in [4.78, 5) is 32.1. The molecule has 4 aromatic rings. The average Bonchev–Trinajstić information content (AvgIpc) is 3.25. The number of nitrogens with one attached hydrogen (secondary N) is 1. The van der Waals surface area contributed by atoms with Gasteiger partial charge < -0.3 is 10.2 Å². The fraction of sp³-hybridized carbons (Fsp3) is 0.240. The lowest BCUT2D eigenvalue weighted by molar-refractivity contribution is -0.129. The lowest BCUT2D eigenvalue weighted by atomic mass is 10.1. The highest BCUT2D eigenvalue weighted by Crippen LogP contribution is 2.31. The summed E-state index contributed by atoms with van der Waals surface area (Å²) in [6, 6.07) is 17.7. The summed E-state index contributed by atoms with van der Waals surface area (Å²) in [5.41, 5.74) is 3.91. The van der Waals surface area contributed by atoms with Crippen molar-refractivity contribution < 1.29 is 4.79 Å². The Morgan fingerprint density at radius 3 is 2.52 bits per heavy atom. The Morgan fingerprint density at radius 1 is 1.12 bits per heavy atom. The number of hydrogen-bond donors (Lipinski definition) is 1. The third-order valence-corrected chi connectivity index (χ3v) is 6.88. The summed E-state index contributed by atoms with van der Waals surface area (Å²) in [7, 11) is 3.56. The second kappa shape index (κ2) is 10.3. The molecule has 0 saturated heterocycles. The second-order valence-electron chi connectivity index (χ2n) is 7.92. The molecule has 0 aliphatic rings. The van der Waals surface area contributed by atoms with E-state index >= 15 is 0 Å². The van der Waals surface area contributed by atoms with Crippen molar-refractivity contribution in [1.82, 2.24) is 19.8 Å². The molecule has 6 nitrogen and oxygen atoms in total. The van der Waals surface area contributed by atoms with Crippen molar-refractivity contribution in [2.75, 3.05) is 20.6 Å². The molecule has 0 bridgehead atoms. The third-order valence-electron chi connectivity index (χ3n) is 5.47. The molecule has 2 aromatic carbocycles. The number of carbonyl (C=O) groups is 1. The van der Waals surface area contributed by atoms with Crippen molar-refractivity contribution in [3.63, 3.8) is 0 Å². The molecule has 0 atom stereocenters. The number of halogens is 1. The van der Waals surface area contributed by atoms with Gasteiger partial charge in [-0.25, -0.2) is 4.98 Å². The monoisotopic (exact) mass is 480 g/mol. The number of carbonyl (C=O) groups excluding carboxylic acids is 1. The van der Waals surface area contributed by atoms with Crippen LogP contribution in [-0.2, 0) is 24.3 Å². The van der Waals surface area contributed by atoms with Gasteiger partial charge in [-0.2, -0.15) is 0 Å². The van der Waals surface area contributed by atoms with E-state index in [4.69, 9.17) is 11.6 Å². The van der Waals surface area contributed by atoms with Crippen LogP contribution < -0.4 is 10.9 Å². The van der Waals surface area contributed by atoms with Crippen LogP contribution in [0.5, 0.6) is 0 Å². The fourth-order valence-electron chi connectivity index (χ4n) is 3.57. The second-order valence-corrected chi connectivity index (χ2v) is 9.41. The van der Waals surface area contributed by atoms with Crippen molar-refractivity contribution >= 4 is 39.1 Å². The molecule has 4 rings (SSSR count). The van der Waals surface area contributed by atoms with Gasteiger partial charge in [0.1, 0.15) is 4.70 Å². The normalized spacial score (nSPS) is 11.1. The first-order valence-corrected chi connectivity index (χ1v) is 11.9. The van der Waals surface area contributed by atoms with Crippen LogP contribution in [0, 0.1) is 0 Å². The van der Waals surface area contributed by atoms with Crippen LogP contribution in [0.2, 0.25) is 5.02 Å². The van der Waals surface area contributed by atoms with Gasteiger partial charge in [-0.3, -0.25) is 14.2 Å². The predicted octanol–water partition coefficient (Wildman–Crippen LogP) is 4.20. The molecule has 1 N–H and O–H groups in total. The number of rotatable bonds is 8.